The van der Waals surface area contributed by atoms with Gasteiger partial charge in [0.2, 0.25) is 0 Å². The van der Waals surface area contributed by atoms with Gasteiger partial charge in [0, 0.05) is 17.3 Å². The van der Waals surface area contributed by atoms with Crippen LogP contribution in [0.4, 0.5) is 8.78 Å². The van der Waals surface area contributed by atoms with E-state index in [4.69, 9.17) is 16.3 Å². The Morgan fingerprint density at radius 2 is 1.94 bits per heavy atom. The van der Waals surface area contributed by atoms with Gasteiger partial charge in [-0.05, 0) is 12.1 Å². The summed E-state index contributed by atoms with van der Waals surface area (Å²) in [5.41, 5.74) is 0.454. The smallest absolute Gasteiger partial charge is 0.171 e. The van der Waals surface area contributed by atoms with Gasteiger partial charge in [0.05, 0.1) is 7.11 Å². The molecule has 88 valence electrons. The highest BCUT2D eigenvalue weighted by molar-refractivity contribution is 6.31. The Kier molecular flexibility index (Phi) is 3.24. The van der Waals surface area contributed by atoms with E-state index in [1.807, 2.05) is 0 Å². The number of rotatable bonds is 2. The van der Waals surface area contributed by atoms with Crippen LogP contribution in [-0.4, -0.2) is 12.1 Å². The lowest BCUT2D eigenvalue weighted by Crippen LogP contribution is -1.94. The van der Waals surface area contributed by atoms with Crippen molar-refractivity contribution in [2.24, 2.45) is 0 Å². The summed E-state index contributed by atoms with van der Waals surface area (Å²) in [6.45, 7) is 0. The van der Waals surface area contributed by atoms with Crippen molar-refractivity contribution in [1.29, 1.82) is 0 Å². The quantitative estimate of drug-likeness (QED) is 0.764. The van der Waals surface area contributed by atoms with Crippen LogP contribution in [0.25, 0.3) is 11.1 Å². The average Bonchev–Trinajstić information content (AvgIpc) is 2.32. The van der Waals surface area contributed by atoms with Crippen LogP contribution in [0, 0.1) is 11.6 Å². The monoisotopic (exact) mass is 255 g/mol. The third-order valence-corrected chi connectivity index (χ3v) is 2.58. The van der Waals surface area contributed by atoms with Gasteiger partial charge in [-0.25, -0.2) is 13.8 Å². The first-order chi connectivity index (χ1) is 8.15. The standard InChI is InChI=1S/C12H8ClF2NO/c1-17-11-8(5-6-16-12(11)13)7-3-2-4-9(14)10(7)15/h2-6H,1H3. The zero-order valence-electron chi connectivity index (χ0n) is 8.88. The van der Waals surface area contributed by atoms with Gasteiger partial charge in [-0.2, -0.15) is 0 Å². The number of hydrogen-bond donors (Lipinski definition) is 0. The van der Waals surface area contributed by atoms with Gasteiger partial charge in [-0.3, -0.25) is 0 Å². The molecule has 17 heavy (non-hydrogen) atoms. The molecule has 0 saturated heterocycles. The lowest BCUT2D eigenvalue weighted by Gasteiger charge is -2.10. The van der Waals surface area contributed by atoms with E-state index < -0.39 is 11.6 Å². The molecule has 0 fully saturated rings. The minimum atomic E-state index is -0.937. The molecule has 0 saturated carbocycles. The molecular formula is C12H8ClF2NO. The molecule has 0 unspecified atom stereocenters. The summed E-state index contributed by atoms with van der Waals surface area (Å²) >= 11 is 5.82. The van der Waals surface area contributed by atoms with Gasteiger partial charge < -0.3 is 4.74 Å². The Morgan fingerprint density at radius 3 is 2.65 bits per heavy atom. The normalized spacial score (nSPS) is 10.4. The summed E-state index contributed by atoms with van der Waals surface area (Å²) in [5, 5.41) is 0.105. The van der Waals surface area contributed by atoms with Crippen molar-refractivity contribution in [2.45, 2.75) is 0 Å². The average molecular weight is 256 g/mol. The van der Waals surface area contributed by atoms with Gasteiger partial charge in [-0.1, -0.05) is 23.7 Å². The molecule has 0 amide bonds. The Hall–Kier alpha value is -1.68. The van der Waals surface area contributed by atoms with Crippen LogP contribution >= 0.6 is 11.6 Å². The highest BCUT2D eigenvalue weighted by Crippen LogP contribution is 2.36. The number of halogens is 3. The van der Waals surface area contributed by atoms with Gasteiger partial charge in [0.15, 0.2) is 22.5 Å². The first-order valence-electron chi connectivity index (χ1n) is 4.78. The SMILES string of the molecule is COc1c(-c2cccc(F)c2F)ccnc1Cl. The third-order valence-electron chi connectivity index (χ3n) is 2.31. The molecule has 0 spiro atoms. The lowest BCUT2D eigenvalue weighted by molar-refractivity contribution is 0.414. The van der Waals surface area contributed by atoms with Crippen molar-refractivity contribution in [3.05, 3.63) is 47.2 Å². The summed E-state index contributed by atoms with van der Waals surface area (Å²) in [6, 6.07) is 5.44. The molecule has 5 heteroatoms. The van der Waals surface area contributed by atoms with E-state index >= 15 is 0 Å². The number of ether oxygens (including phenoxy) is 1. The van der Waals surface area contributed by atoms with E-state index in [1.165, 1.54) is 31.5 Å². The number of nitrogens with zero attached hydrogens (tertiary/aromatic N) is 1. The van der Waals surface area contributed by atoms with E-state index in [1.54, 1.807) is 0 Å². The molecular weight excluding hydrogens is 248 g/mol. The highest BCUT2D eigenvalue weighted by Gasteiger charge is 2.16. The van der Waals surface area contributed by atoms with Gasteiger partial charge in [0.25, 0.3) is 0 Å². The van der Waals surface area contributed by atoms with Crippen molar-refractivity contribution in [3.63, 3.8) is 0 Å². The Balaban J connectivity index is 2.68. The first kappa shape index (κ1) is 11.8. The molecule has 0 aliphatic carbocycles. The maximum atomic E-state index is 13.6. The number of benzene rings is 1. The summed E-state index contributed by atoms with van der Waals surface area (Å²) in [5.74, 6) is -1.63. The topological polar surface area (TPSA) is 22.1 Å². The number of pyridine rings is 1. The predicted octanol–water partition coefficient (Wildman–Crippen LogP) is 3.69. The number of methoxy groups -OCH3 is 1. The second kappa shape index (κ2) is 4.67. The molecule has 0 atom stereocenters. The predicted molar refractivity (Wildman–Crippen MR) is 61.2 cm³/mol. The van der Waals surface area contributed by atoms with E-state index in [2.05, 4.69) is 4.98 Å². The van der Waals surface area contributed by atoms with Crippen molar-refractivity contribution in [3.8, 4) is 16.9 Å². The van der Waals surface area contributed by atoms with Crippen molar-refractivity contribution < 1.29 is 13.5 Å². The van der Waals surface area contributed by atoms with Crippen LogP contribution in [-0.2, 0) is 0 Å². The van der Waals surface area contributed by atoms with Gasteiger partial charge >= 0.3 is 0 Å². The Labute approximate surface area is 102 Å². The summed E-state index contributed by atoms with van der Waals surface area (Å²) in [7, 11) is 1.39. The summed E-state index contributed by atoms with van der Waals surface area (Å²) < 4.78 is 31.8. The van der Waals surface area contributed by atoms with Gasteiger partial charge in [0.1, 0.15) is 0 Å². The molecule has 0 bridgehead atoms. The molecule has 0 N–H and O–H groups in total. The largest absolute Gasteiger partial charge is 0.493 e. The van der Waals surface area contributed by atoms with Crippen LogP contribution < -0.4 is 4.74 Å². The minimum absolute atomic E-state index is 0.0890. The second-order valence-electron chi connectivity index (χ2n) is 3.28. The molecule has 0 aliphatic rings. The Morgan fingerprint density at radius 1 is 1.18 bits per heavy atom. The van der Waals surface area contributed by atoms with E-state index in [0.29, 0.717) is 5.56 Å². The van der Waals surface area contributed by atoms with Crippen LogP contribution in [0.2, 0.25) is 5.15 Å². The molecule has 1 aromatic carbocycles. The van der Waals surface area contributed by atoms with Crippen molar-refractivity contribution in [1.82, 2.24) is 4.98 Å². The molecule has 0 radical (unpaired) electrons. The minimum Gasteiger partial charge on any atom is -0.493 e. The second-order valence-corrected chi connectivity index (χ2v) is 3.64. The fourth-order valence-corrected chi connectivity index (χ4v) is 1.78. The van der Waals surface area contributed by atoms with Crippen LogP contribution in [0.3, 0.4) is 0 Å². The fraction of sp³-hybridized carbons (Fsp3) is 0.0833. The summed E-state index contributed by atoms with van der Waals surface area (Å²) in [6.07, 6.45) is 1.41. The number of hydrogen-bond acceptors (Lipinski definition) is 2. The van der Waals surface area contributed by atoms with Crippen LogP contribution in [0.1, 0.15) is 0 Å². The first-order valence-corrected chi connectivity index (χ1v) is 5.16. The molecule has 1 aromatic heterocycles. The zero-order chi connectivity index (χ0) is 12.4. The molecule has 1 heterocycles. The number of aromatic nitrogens is 1. The Bertz CT molecular complexity index is 560. The van der Waals surface area contributed by atoms with Crippen molar-refractivity contribution >= 4 is 11.6 Å². The summed E-state index contributed by atoms with van der Waals surface area (Å²) in [4.78, 5) is 3.81. The van der Waals surface area contributed by atoms with Crippen molar-refractivity contribution in [2.75, 3.05) is 7.11 Å². The zero-order valence-corrected chi connectivity index (χ0v) is 9.63. The van der Waals surface area contributed by atoms with E-state index in [0.717, 1.165) is 6.07 Å². The van der Waals surface area contributed by atoms with Crippen LogP contribution in [0.15, 0.2) is 30.5 Å². The maximum absolute atomic E-state index is 13.6. The highest BCUT2D eigenvalue weighted by atomic mass is 35.5. The van der Waals surface area contributed by atoms with Gasteiger partial charge in [-0.15, -0.1) is 0 Å². The molecule has 2 rings (SSSR count). The fourth-order valence-electron chi connectivity index (χ4n) is 1.54. The maximum Gasteiger partial charge on any atom is 0.171 e. The molecule has 2 nitrogen and oxygen atoms in total. The van der Waals surface area contributed by atoms with E-state index in [9.17, 15) is 8.78 Å². The van der Waals surface area contributed by atoms with E-state index in [-0.39, 0.29) is 16.5 Å². The van der Waals surface area contributed by atoms with Crippen LogP contribution in [0.5, 0.6) is 5.75 Å². The lowest BCUT2D eigenvalue weighted by atomic mass is 10.1. The third kappa shape index (κ3) is 2.08. The molecule has 0 aliphatic heterocycles. The molecule has 2 aromatic rings.